The van der Waals surface area contributed by atoms with Gasteiger partial charge in [0.1, 0.15) is 5.56 Å². The summed E-state index contributed by atoms with van der Waals surface area (Å²) in [5.74, 6) is -2.12. The average molecular weight is 418 g/mol. The molecule has 0 aliphatic heterocycles. The Bertz CT molecular complexity index is 1250. The van der Waals surface area contributed by atoms with Crippen molar-refractivity contribution in [1.82, 2.24) is 3.97 Å². The van der Waals surface area contributed by atoms with Crippen LogP contribution >= 0.6 is 0 Å². The summed E-state index contributed by atoms with van der Waals surface area (Å²) in [5.41, 5.74) is -1.64. The molecule has 0 spiro atoms. The van der Waals surface area contributed by atoms with Crippen LogP contribution in [-0.2, 0) is 19.5 Å². The van der Waals surface area contributed by atoms with Gasteiger partial charge < -0.3 is 9.47 Å². The van der Waals surface area contributed by atoms with E-state index in [0.29, 0.717) is 3.97 Å². The number of non-ortho nitro benzene ring substituents is 1. The standard InChI is InChI=1S/C18H14N2O8S/c1-27-17(21)15-13-9-8-11(20(23)24)10-14(13)19(16(15)18(22)28-2)29(25,26)12-6-4-3-5-7-12/h3-10H,1-2H3. The molecule has 0 saturated heterocycles. The minimum Gasteiger partial charge on any atom is -0.465 e. The second kappa shape index (κ2) is 7.36. The molecular formula is C18H14N2O8S. The lowest BCUT2D eigenvalue weighted by atomic mass is 10.1. The van der Waals surface area contributed by atoms with E-state index in [2.05, 4.69) is 4.74 Å². The normalized spacial score (nSPS) is 11.2. The van der Waals surface area contributed by atoms with E-state index >= 15 is 0 Å². The molecule has 0 amide bonds. The molecule has 150 valence electrons. The Balaban J connectivity index is 2.55. The largest absolute Gasteiger partial charge is 0.465 e. The highest BCUT2D eigenvalue weighted by atomic mass is 32.2. The minimum absolute atomic E-state index is 0.0117. The van der Waals surface area contributed by atoms with E-state index in [1.807, 2.05) is 0 Å². The van der Waals surface area contributed by atoms with Crippen molar-refractivity contribution in [2.75, 3.05) is 14.2 Å². The molecule has 0 saturated carbocycles. The second-order valence-electron chi connectivity index (χ2n) is 5.75. The van der Waals surface area contributed by atoms with Crippen LogP contribution in [-0.4, -0.2) is 43.5 Å². The van der Waals surface area contributed by atoms with Gasteiger partial charge in [0.05, 0.1) is 29.6 Å². The molecule has 0 N–H and O–H groups in total. The third-order valence-electron chi connectivity index (χ3n) is 4.17. The zero-order valence-corrected chi connectivity index (χ0v) is 16.0. The third kappa shape index (κ3) is 3.21. The number of hydrogen-bond donors (Lipinski definition) is 0. The summed E-state index contributed by atoms with van der Waals surface area (Å²) in [7, 11) is -2.35. The van der Waals surface area contributed by atoms with Crippen molar-refractivity contribution in [1.29, 1.82) is 0 Å². The molecule has 0 aliphatic carbocycles. The first-order valence-electron chi connectivity index (χ1n) is 8.04. The summed E-state index contributed by atoms with van der Waals surface area (Å²) in [6, 6.07) is 10.4. The Kier molecular flexibility index (Phi) is 5.08. The van der Waals surface area contributed by atoms with Crippen LogP contribution < -0.4 is 0 Å². The van der Waals surface area contributed by atoms with Gasteiger partial charge in [-0.3, -0.25) is 10.1 Å². The van der Waals surface area contributed by atoms with Crippen molar-refractivity contribution in [3.05, 3.63) is 69.9 Å². The molecule has 1 aromatic heterocycles. The van der Waals surface area contributed by atoms with Gasteiger partial charge in [-0.1, -0.05) is 18.2 Å². The molecule has 1 heterocycles. The summed E-state index contributed by atoms with van der Waals surface area (Å²) >= 11 is 0. The number of rotatable bonds is 5. The fourth-order valence-electron chi connectivity index (χ4n) is 2.90. The van der Waals surface area contributed by atoms with Gasteiger partial charge in [0.25, 0.3) is 15.7 Å². The number of nitro groups is 1. The molecule has 0 aliphatic rings. The Morgan fingerprint density at radius 3 is 2.17 bits per heavy atom. The number of hydrogen-bond acceptors (Lipinski definition) is 8. The number of carbonyl (C=O) groups excluding carboxylic acids is 2. The van der Waals surface area contributed by atoms with Crippen LogP contribution in [0.15, 0.2) is 53.4 Å². The Morgan fingerprint density at radius 1 is 1.00 bits per heavy atom. The van der Waals surface area contributed by atoms with Crippen LogP contribution in [0.4, 0.5) is 5.69 Å². The molecule has 10 nitrogen and oxygen atoms in total. The van der Waals surface area contributed by atoms with E-state index in [4.69, 9.17) is 4.74 Å². The van der Waals surface area contributed by atoms with Gasteiger partial charge in [0.2, 0.25) is 0 Å². The predicted octanol–water partition coefficient (Wildman–Crippen LogP) is 2.36. The van der Waals surface area contributed by atoms with E-state index in [1.165, 1.54) is 30.3 Å². The smallest absolute Gasteiger partial charge is 0.356 e. The van der Waals surface area contributed by atoms with Gasteiger partial charge in [0, 0.05) is 17.5 Å². The molecule has 0 atom stereocenters. The highest BCUT2D eigenvalue weighted by Crippen LogP contribution is 2.33. The SMILES string of the molecule is COC(=O)c1c(C(=O)OC)n(S(=O)(=O)c2ccccc2)c2cc([N+](=O)[O-])ccc12. The first-order chi connectivity index (χ1) is 13.7. The van der Waals surface area contributed by atoms with Gasteiger partial charge in [-0.25, -0.2) is 22.0 Å². The van der Waals surface area contributed by atoms with Crippen molar-refractivity contribution in [3.8, 4) is 0 Å². The fraction of sp³-hybridized carbons (Fsp3) is 0.111. The van der Waals surface area contributed by atoms with Crippen LogP contribution in [0.5, 0.6) is 0 Å². The Labute approximate surface area is 164 Å². The number of carbonyl (C=O) groups is 2. The molecule has 0 unspecified atom stereocenters. The summed E-state index contributed by atoms with van der Waals surface area (Å²) in [5, 5.41) is 11.2. The third-order valence-corrected chi connectivity index (χ3v) is 5.90. The Hall–Kier alpha value is -3.73. The molecular weight excluding hydrogens is 404 g/mol. The van der Waals surface area contributed by atoms with Crippen molar-refractivity contribution < 1.29 is 32.4 Å². The average Bonchev–Trinajstić information content (AvgIpc) is 3.08. The van der Waals surface area contributed by atoms with Gasteiger partial charge in [-0.15, -0.1) is 0 Å². The summed E-state index contributed by atoms with van der Waals surface area (Å²) < 4.78 is 36.6. The van der Waals surface area contributed by atoms with Crippen molar-refractivity contribution >= 4 is 38.6 Å². The van der Waals surface area contributed by atoms with E-state index in [0.717, 1.165) is 26.4 Å². The predicted molar refractivity (Wildman–Crippen MR) is 100 cm³/mol. The lowest BCUT2D eigenvalue weighted by Gasteiger charge is -2.11. The van der Waals surface area contributed by atoms with Crippen LogP contribution in [0.2, 0.25) is 0 Å². The highest BCUT2D eigenvalue weighted by Gasteiger charge is 2.35. The minimum atomic E-state index is -4.43. The van der Waals surface area contributed by atoms with Crippen LogP contribution in [0, 0.1) is 10.1 Å². The molecule has 0 radical (unpaired) electrons. The maximum Gasteiger partial charge on any atom is 0.356 e. The molecule has 11 heteroatoms. The lowest BCUT2D eigenvalue weighted by molar-refractivity contribution is -0.384. The quantitative estimate of drug-likeness (QED) is 0.350. The monoisotopic (exact) mass is 418 g/mol. The molecule has 0 bridgehead atoms. The molecule has 2 aromatic carbocycles. The number of esters is 2. The lowest BCUT2D eigenvalue weighted by Crippen LogP contribution is -2.21. The van der Waals surface area contributed by atoms with E-state index < -0.39 is 38.3 Å². The number of aromatic nitrogens is 1. The van der Waals surface area contributed by atoms with Crippen LogP contribution in [0.3, 0.4) is 0 Å². The number of benzene rings is 2. The number of nitrogens with zero attached hydrogens (tertiary/aromatic N) is 2. The highest BCUT2D eigenvalue weighted by molar-refractivity contribution is 7.90. The maximum absolute atomic E-state index is 13.3. The van der Waals surface area contributed by atoms with Gasteiger partial charge in [-0.05, 0) is 18.2 Å². The second-order valence-corrected chi connectivity index (χ2v) is 7.53. The summed E-state index contributed by atoms with van der Waals surface area (Å²) in [6.45, 7) is 0. The molecule has 29 heavy (non-hydrogen) atoms. The molecule has 0 fully saturated rings. The molecule has 3 rings (SSSR count). The number of ether oxygens (including phenoxy) is 2. The van der Waals surface area contributed by atoms with Gasteiger partial charge >= 0.3 is 11.9 Å². The first-order valence-corrected chi connectivity index (χ1v) is 9.48. The van der Waals surface area contributed by atoms with Crippen molar-refractivity contribution in [2.45, 2.75) is 4.90 Å². The van der Waals surface area contributed by atoms with Gasteiger partial charge in [-0.2, -0.15) is 0 Å². The van der Waals surface area contributed by atoms with E-state index in [9.17, 15) is 28.1 Å². The zero-order valence-electron chi connectivity index (χ0n) is 15.2. The fourth-order valence-corrected chi connectivity index (χ4v) is 4.43. The maximum atomic E-state index is 13.3. The van der Waals surface area contributed by atoms with Crippen LogP contribution in [0.25, 0.3) is 10.9 Å². The van der Waals surface area contributed by atoms with E-state index in [1.54, 1.807) is 6.07 Å². The number of fused-ring (bicyclic) bond motifs is 1. The Morgan fingerprint density at radius 2 is 1.62 bits per heavy atom. The zero-order chi connectivity index (χ0) is 21.3. The van der Waals surface area contributed by atoms with Gasteiger partial charge in [0.15, 0.2) is 5.69 Å². The summed E-state index contributed by atoms with van der Waals surface area (Å²) in [4.78, 5) is 35.2. The summed E-state index contributed by atoms with van der Waals surface area (Å²) in [6.07, 6.45) is 0. The first kappa shape index (κ1) is 20.0. The van der Waals surface area contributed by atoms with Crippen molar-refractivity contribution in [2.24, 2.45) is 0 Å². The van der Waals surface area contributed by atoms with Crippen molar-refractivity contribution in [3.63, 3.8) is 0 Å². The number of methoxy groups -OCH3 is 2. The topological polar surface area (TPSA) is 135 Å². The molecule has 3 aromatic rings. The van der Waals surface area contributed by atoms with E-state index in [-0.39, 0.29) is 21.4 Å². The number of nitro benzene ring substituents is 1. The van der Waals surface area contributed by atoms with Crippen LogP contribution in [0.1, 0.15) is 20.8 Å².